The molecule has 0 N–H and O–H groups in total. The summed E-state index contributed by atoms with van der Waals surface area (Å²) in [6.07, 6.45) is 3.52. The van der Waals surface area contributed by atoms with E-state index in [1.807, 2.05) is 27.5 Å². The van der Waals surface area contributed by atoms with Gasteiger partial charge in [0.15, 0.2) is 0 Å². The molecule has 1 aliphatic heterocycles. The lowest BCUT2D eigenvalue weighted by Crippen LogP contribution is -2.34. The monoisotopic (exact) mass is 263 g/mol. The predicted octanol–water partition coefficient (Wildman–Crippen LogP) is 1.39. The van der Waals surface area contributed by atoms with Gasteiger partial charge in [-0.05, 0) is 23.2 Å². The zero-order chi connectivity index (χ0) is 8.10. The lowest BCUT2D eigenvalue weighted by molar-refractivity contribution is -0.125. The van der Waals surface area contributed by atoms with Crippen molar-refractivity contribution in [3.05, 3.63) is 0 Å². The van der Waals surface area contributed by atoms with Crippen molar-refractivity contribution in [2.75, 3.05) is 13.1 Å². The Balaban J connectivity index is 2.43. The van der Waals surface area contributed by atoms with Crippen LogP contribution in [0.15, 0.2) is 0 Å². The molecule has 0 aliphatic carbocycles. The molecule has 1 aliphatic rings. The lowest BCUT2D eigenvalue weighted by atomic mass is 10.1. The summed E-state index contributed by atoms with van der Waals surface area (Å²) in [7, 11) is 0. The molecule has 1 saturated heterocycles. The summed E-state index contributed by atoms with van der Waals surface area (Å²) in [5.41, 5.74) is 0. The average molecular weight is 263 g/mol. The third-order valence-corrected chi connectivity index (χ3v) is 2.07. The van der Waals surface area contributed by atoms with Gasteiger partial charge in [0.05, 0.1) is 0 Å². The Labute approximate surface area is 80.5 Å². The first kappa shape index (κ1) is 8.85. The smallest absolute Gasteiger partial charge is 0.299 e. The van der Waals surface area contributed by atoms with E-state index in [1.165, 1.54) is 6.42 Å². The lowest BCUT2D eigenvalue weighted by Gasteiger charge is -2.24. The second-order valence-electron chi connectivity index (χ2n) is 2.57. The van der Waals surface area contributed by atoms with Crippen LogP contribution in [0.4, 0.5) is 0 Å². The summed E-state index contributed by atoms with van der Waals surface area (Å²) in [4.78, 5) is 13.0. The van der Waals surface area contributed by atoms with Crippen molar-refractivity contribution >= 4 is 28.5 Å². The Morgan fingerprint density at radius 3 is 2.45 bits per heavy atom. The maximum Gasteiger partial charge on any atom is 0.299 e. The topological polar surface area (TPSA) is 20.3 Å². The molecule has 1 rings (SSSR count). The molecule has 1 amide bonds. The Morgan fingerprint density at radius 2 is 1.91 bits per heavy atom. The highest BCUT2D eigenvalue weighted by molar-refractivity contribution is 14.1. The van der Waals surface area contributed by atoms with Crippen LogP contribution in [0.3, 0.4) is 0 Å². The third-order valence-electron chi connectivity index (χ3n) is 1.80. The first-order valence-corrected chi connectivity index (χ1v) is 4.83. The molecule has 1 fully saturated rings. The van der Waals surface area contributed by atoms with E-state index in [2.05, 4.69) is 9.85 Å². The van der Waals surface area contributed by atoms with E-state index in [1.54, 1.807) is 0 Å². The maximum atomic E-state index is 11.1. The zero-order valence-electron chi connectivity index (χ0n) is 6.27. The van der Waals surface area contributed by atoms with Gasteiger partial charge in [-0.1, -0.05) is 0 Å². The van der Waals surface area contributed by atoms with Crippen LogP contribution in [0.5, 0.6) is 0 Å². The van der Waals surface area contributed by atoms with Gasteiger partial charge in [-0.2, -0.15) is 0 Å². The second-order valence-corrected chi connectivity index (χ2v) is 3.11. The molecule has 0 spiro atoms. The Hall–Kier alpha value is -0.240. The van der Waals surface area contributed by atoms with E-state index < -0.39 is 0 Å². The molecule has 0 unspecified atom stereocenters. The minimum atomic E-state index is -0.0147. The number of amides is 1. The number of halogens is 1. The number of piperidine rings is 1. The summed E-state index contributed by atoms with van der Waals surface area (Å²) >= 11 is 1.89. The van der Waals surface area contributed by atoms with Crippen molar-refractivity contribution in [2.45, 2.75) is 19.3 Å². The van der Waals surface area contributed by atoms with Crippen LogP contribution in [-0.4, -0.2) is 23.9 Å². The van der Waals surface area contributed by atoms with Gasteiger partial charge >= 0.3 is 0 Å². The second kappa shape index (κ2) is 4.60. The Morgan fingerprint density at radius 1 is 1.27 bits per heavy atom. The molecule has 2 nitrogen and oxygen atoms in total. The van der Waals surface area contributed by atoms with Crippen molar-refractivity contribution in [2.24, 2.45) is 0 Å². The van der Waals surface area contributed by atoms with Crippen LogP contribution in [-0.2, 0) is 4.79 Å². The molecule has 0 atom stereocenters. The highest BCUT2D eigenvalue weighted by Gasteiger charge is 2.13. The van der Waals surface area contributed by atoms with Crippen LogP contribution in [0.2, 0.25) is 0 Å². The zero-order valence-corrected chi connectivity index (χ0v) is 8.43. The van der Waals surface area contributed by atoms with Gasteiger partial charge < -0.3 is 4.90 Å². The molecule has 11 heavy (non-hydrogen) atoms. The molecule has 0 bridgehead atoms. The fourth-order valence-corrected chi connectivity index (χ4v) is 1.45. The van der Waals surface area contributed by atoms with E-state index in [9.17, 15) is 4.79 Å². The minimum Gasteiger partial charge on any atom is -0.332 e. The van der Waals surface area contributed by atoms with E-state index in [-0.39, 0.29) is 5.91 Å². The van der Waals surface area contributed by atoms with Crippen molar-refractivity contribution < 1.29 is 4.79 Å². The molecule has 0 aromatic carbocycles. The summed E-state index contributed by atoms with van der Waals surface area (Å²) in [6.45, 7) is 1.79. The number of hydrogen-bond donors (Lipinski definition) is 0. The van der Waals surface area contributed by atoms with Gasteiger partial charge in [-0.25, -0.2) is 0 Å². The molecule has 0 aromatic heterocycles. The fourth-order valence-electron chi connectivity index (χ4n) is 1.22. The van der Waals surface area contributed by atoms with Gasteiger partial charge in [0.2, 0.25) is 0 Å². The van der Waals surface area contributed by atoms with Gasteiger partial charge in [-0.3, -0.25) is 4.79 Å². The van der Waals surface area contributed by atoms with Gasteiger partial charge in [-0.15, -0.1) is 0 Å². The molecule has 1 heterocycles. The van der Waals surface area contributed by atoms with Crippen molar-refractivity contribution in [1.82, 2.24) is 4.90 Å². The van der Waals surface area contributed by atoms with Gasteiger partial charge in [0, 0.05) is 41.6 Å². The minimum absolute atomic E-state index is 0.0147. The number of likely N-dealkylation sites (tertiary alicyclic amines) is 1. The standard InChI is InChI=1S/C8H10INO/c9-5-4-8(11)10-6-2-1-3-7-10/h1-3,6-7H2. The number of hydrogen-bond acceptors (Lipinski definition) is 1. The summed E-state index contributed by atoms with van der Waals surface area (Å²) in [5.74, 6) is 2.52. The Kier molecular flexibility index (Phi) is 3.70. The van der Waals surface area contributed by atoms with Crippen LogP contribution in [0.1, 0.15) is 19.3 Å². The van der Waals surface area contributed by atoms with Crippen LogP contribution < -0.4 is 0 Å². The fraction of sp³-hybridized carbons (Fsp3) is 0.625. The van der Waals surface area contributed by atoms with E-state index in [0.717, 1.165) is 25.9 Å². The highest BCUT2D eigenvalue weighted by atomic mass is 127. The van der Waals surface area contributed by atoms with Crippen LogP contribution >= 0.6 is 22.6 Å². The predicted molar refractivity (Wildman–Crippen MR) is 52.2 cm³/mol. The van der Waals surface area contributed by atoms with E-state index in [4.69, 9.17) is 0 Å². The maximum absolute atomic E-state index is 11.1. The number of rotatable bonds is 0. The highest BCUT2D eigenvalue weighted by Crippen LogP contribution is 2.07. The molecule has 60 valence electrons. The van der Waals surface area contributed by atoms with E-state index in [0.29, 0.717) is 0 Å². The van der Waals surface area contributed by atoms with Crippen LogP contribution in [0, 0.1) is 9.85 Å². The largest absolute Gasteiger partial charge is 0.332 e. The first-order chi connectivity index (χ1) is 5.34. The molecule has 0 radical (unpaired) electrons. The molecule has 0 aromatic rings. The summed E-state index contributed by atoms with van der Waals surface area (Å²) in [5, 5.41) is 0. The SMILES string of the molecule is O=C(C#CI)N1CCCCC1. The van der Waals surface area contributed by atoms with E-state index >= 15 is 0 Å². The Bertz CT molecular complexity index is 198. The number of carbonyl (C=O) groups is 1. The van der Waals surface area contributed by atoms with Gasteiger partial charge in [0.1, 0.15) is 0 Å². The number of nitrogens with zero attached hydrogens (tertiary/aromatic N) is 1. The van der Waals surface area contributed by atoms with Gasteiger partial charge in [0.25, 0.3) is 5.91 Å². The van der Waals surface area contributed by atoms with Crippen molar-refractivity contribution in [1.29, 1.82) is 0 Å². The molecular formula is C8H10INO. The quantitative estimate of drug-likeness (QED) is 0.478. The van der Waals surface area contributed by atoms with Crippen LogP contribution in [0.25, 0.3) is 0 Å². The van der Waals surface area contributed by atoms with Crippen molar-refractivity contribution in [3.8, 4) is 9.85 Å². The molecular weight excluding hydrogens is 253 g/mol. The first-order valence-electron chi connectivity index (χ1n) is 3.75. The molecule has 0 saturated carbocycles. The number of carbonyl (C=O) groups excluding carboxylic acids is 1. The normalized spacial score (nSPS) is 17.0. The third kappa shape index (κ3) is 2.70. The molecule has 3 heteroatoms. The van der Waals surface area contributed by atoms with Crippen molar-refractivity contribution in [3.63, 3.8) is 0 Å². The summed E-state index contributed by atoms with van der Waals surface area (Å²) < 4.78 is 2.59. The summed E-state index contributed by atoms with van der Waals surface area (Å²) in [6, 6.07) is 0. The average Bonchev–Trinajstić information content (AvgIpc) is 2.07.